The van der Waals surface area contributed by atoms with Crippen LogP contribution >= 0.6 is 11.6 Å². The van der Waals surface area contributed by atoms with Gasteiger partial charge in [-0.15, -0.1) is 0 Å². The fourth-order valence-corrected chi connectivity index (χ4v) is 3.05. The highest BCUT2D eigenvalue weighted by Gasteiger charge is 2.27. The Morgan fingerprint density at radius 2 is 2.10 bits per heavy atom. The molecule has 1 aromatic rings. The molecule has 0 saturated heterocycles. The van der Waals surface area contributed by atoms with E-state index in [0.29, 0.717) is 24.0 Å². The lowest BCUT2D eigenvalue weighted by atomic mass is 10.2. The number of ether oxygens (including phenoxy) is 2. The van der Waals surface area contributed by atoms with E-state index >= 15 is 0 Å². The lowest BCUT2D eigenvalue weighted by Gasteiger charge is -2.21. The molecule has 1 saturated carbocycles. The van der Waals surface area contributed by atoms with Gasteiger partial charge in [-0.05, 0) is 37.1 Å². The Kier molecular flexibility index (Phi) is 4.88. The lowest BCUT2D eigenvalue weighted by Crippen LogP contribution is -2.33. The van der Waals surface area contributed by atoms with Crippen LogP contribution in [0.4, 0.5) is 0 Å². The first-order valence-electron chi connectivity index (χ1n) is 7.80. The largest absolute Gasteiger partial charge is 0.486 e. The zero-order valence-electron chi connectivity index (χ0n) is 12.5. The van der Waals surface area contributed by atoms with Gasteiger partial charge < -0.3 is 14.8 Å². The molecule has 0 unspecified atom stereocenters. The SMILES string of the molecule is CCN(CCNCc1cc(Cl)c2c(c1)OCCO2)C1CC1. The Labute approximate surface area is 131 Å². The van der Waals surface area contributed by atoms with Crippen molar-refractivity contribution < 1.29 is 9.47 Å². The number of rotatable bonds is 7. The molecule has 0 radical (unpaired) electrons. The van der Waals surface area contributed by atoms with E-state index in [-0.39, 0.29) is 0 Å². The van der Waals surface area contributed by atoms with Gasteiger partial charge in [0.15, 0.2) is 11.5 Å². The first-order valence-corrected chi connectivity index (χ1v) is 8.18. The second kappa shape index (κ2) is 6.86. The van der Waals surface area contributed by atoms with Gasteiger partial charge >= 0.3 is 0 Å². The number of nitrogens with zero attached hydrogens (tertiary/aromatic N) is 1. The van der Waals surface area contributed by atoms with Gasteiger partial charge in [-0.3, -0.25) is 4.90 Å². The van der Waals surface area contributed by atoms with Crippen LogP contribution in [0.5, 0.6) is 11.5 Å². The number of likely N-dealkylation sites (N-methyl/N-ethyl adjacent to an activating group) is 1. The van der Waals surface area contributed by atoms with Crippen LogP contribution in [0, 0.1) is 0 Å². The molecule has 1 aliphatic carbocycles. The Hall–Kier alpha value is -0.970. The minimum absolute atomic E-state index is 0.568. The summed E-state index contributed by atoms with van der Waals surface area (Å²) in [6, 6.07) is 4.81. The maximum absolute atomic E-state index is 6.24. The molecule has 5 heteroatoms. The molecule has 1 aliphatic heterocycles. The summed E-state index contributed by atoms with van der Waals surface area (Å²) in [5.74, 6) is 1.44. The Bertz CT molecular complexity index is 491. The van der Waals surface area contributed by atoms with Gasteiger partial charge in [0.25, 0.3) is 0 Å². The van der Waals surface area contributed by atoms with Crippen LogP contribution in [0.3, 0.4) is 0 Å². The fraction of sp³-hybridized carbons (Fsp3) is 0.625. The van der Waals surface area contributed by atoms with Crippen LogP contribution in [0.25, 0.3) is 0 Å². The highest BCUT2D eigenvalue weighted by atomic mass is 35.5. The highest BCUT2D eigenvalue weighted by molar-refractivity contribution is 6.32. The van der Waals surface area contributed by atoms with Crippen molar-refractivity contribution in [1.29, 1.82) is 0 Å². The summed E-state index contributed by atoms with van der Waals surface area (Å²) < 4.78 is 11.1. The van der Waals surface area contributed by atoms with Crippen LogP contribution in [0.2, 0.25) is 5.02 Å². The van der Waals surface area contributed by atoms with Gasteiger partial charge in [0.2, 0.25) is 0 Å². The van der Waals surface area contributed by atoms with E-state index in [9.17, 15) is 0 Å². The summed E-state index contributed by atoms with van der Waals surface area (Å²) >= 11 is 6.24. The molecule has 3 rings (SSSR count). The summed E-state index contributed by atoms with van der Waals surface area (Å²) in [4.78, 5) is 2.55. The van der Waals surface area contributed by atoms with Gasteiger partial charge in [0, 0.05) is 25.7 Å². The van der Waals surface area contributed by atoms with Crippen molar-refractivity contribution >= 4 is 11.6 Å². The minimum Gasteiger partial charge on any atom is -0.486 e. The average Bonchev–Trinajstić information content (AvgIpc) is 3.32. The lowest BCUT2D eigenvalue weighted by molar-refractivity contribution is 0.171. The Morgan fingerprint density at radius 1 is 1.29 bits per heavy atom. The van der Waals surface area contributed by atoms with Crippen molar-refractivity contribution in [3.8, 4) is 11.5 Å². The smallest absolute Gasteiger partial charge is 0.179 e. The van der Waals surface area contributed by atoms with Crippen LogP contribution in [-0.2, 0) is 6.54 Å². The van der Waals surface area contributed by atoms with E-state index in [4.69, 9.17) is 21.1 Å². The maximum Gasteiger partial charge on any atom is 0.179 e. The van der Waals surface area contributed by atoms with Crippen molar-refractivity contribution in [1.82, 2.24) is 10.2 Å². The van der Waals surface area contributed by atoms with E-state index in [0.717, 1.165) is 43.5 Å². The summed E-state index contributed by atoms with van der Waals surface area (Å²) in [5.41, 5.74) is 1.14. The molecule has 1 aromatic carbocycles. The molecular formula is C16H23ClN2O2. The maximum atomic E-state index is 6.24. The highest BCUT2D eigenvalue weighted by Crippen LogP contribution is 2.38. The predicted octanol–water partition coefficient (Wildman–Crippen LogP) is 2.69. The van der Waals surface area contributed by atoms with E-state index < -0.39 is 0 Å². The van der Waals surface area contributed by atoms with Crippen LogP contribution in [0.15, 0.2) is 12.1 Å². The Morgan fingerprint density at radius 3 is 2.86 bits per heavy atom. The van der Waals surface area contributed by atoms with Crippen LogP contribution in [-0.4, -0.2) is 43.8 Å². The molecule has 21 heavy (non-hydrogen) atoms. The molecule has 0 spiro atoms. The molecule has 0 atom stereocenters. The van der Waals surface area contributed by atoms with Crippen molar-refractivity contribution in [3.63, 3.8) is 0 Å². The number of hydrogen-bond acceptors (Lipinski definition) is 4. The second-order valence-corrected chi connectivity index (χ2v) is 6.05. The molecule has 1 heterocycles. The fourth-order valence-electron chi connectivity index (χ4n) is 2.76. The van der Waals surface area contributed by atoms with Gasteiger partial charge in [-0.2, -0.15) is 0 Å². The molecule has 0 amide bonds. The first kappa shape index (κ1) is 14.9. The van der Waals surface area contributed by atoms with Crippen molar-refractivity contribution in [2.45, 2.75) is 32.4 Å². The third-order valence-corrected chi connectivity index (χ3v) is 4.31. The van der Waals surface area contributed by atoms with Crippen LogP contribution in [0.1, 0.15) is 25.3 Å². The molecule has 1 N–H and O–H groups in total. The number of benzene rings is 1. The predicted molar refractivity (Wildman–Crippen MR) is 84.4 cm³/mol. The Balaban J connectivity index is 1.50. The third kappa shape index (κ3) is 3.82. The average molecular weight is 311 g/mol. The van der Waals surface area contributed by atoms with Crippen molar-refractivity contribution in [2.24, 2.45) is 0 Å². The monoisotopic (exact) mass is 310 g/mol. The summed E-state index contributed by atoms with van der Waals surface area (Å²) in [6.07, 6.45) is 2.73. The normalized spacial score (nSPS) is 17.3. The quantitative estimate of drug-likeness (QED) is 0.785. The van der Waals surface area contributed by atoms with E-state index in [1.54, 1.807) is 0 Å². The zero-order chi connectivity index (χ0) is 14.7. The minimum atomic E-state index is 0.568. The standard InChI is InChI=1S/C16H23ClN2O2/c1-2-19(13-3-4-13)6-5-18-11-12-9-14(17)16-15(10-12)20-7-8-21-16/h9-10,13,18H,2-8,11H2,1H3. The number of halogens is 1. The molecule has 0 aromatic heterocycles. The molecular weight excluding hydrogens is 288 g/mol. The number of fused-ring (bicyclic) bond motifs is 1. The molecule has 4 nitrogen and oxygen atoms in total. The molecule has 2 aliphatic rings. The second-order valence-electron chi connectivity index (χ2n) is 5.64. The number of nitrogens with one attached hydrogen (secondary N) is 1. The molecule has 116 valence electrons. The third-order valence-electron chi connectivity index (χ3n) is 4.03. The van der Waals surface area contributed by atoms with Crippen molar-refractivity contribution in [2.75, 3.05) is 32.8 Å². The van der Waals surface area contributed by atoms with Crippen molar-refractivity contribution in [3.05, 3.63) is 22.7 Å². The van der Waals surface area contributed by atoms with E-state index in [2.05, 4.69) is 17.1 Å². The summed E-state index contributed by atoms with van der Waals surface area (Å²) in [6.45, 7) is 7.45. The number of hydrogen-bond donors (Lipinski definition) is 1. The van der Waals surface area contributed by atoms with Gasteiger partial charge in [-0.25, -0.2) is 0 Å². The van der Waals surface area contributed by atoms with Gasteiger partial charge in [0.05, 0.1) is 5.02 Å². The summed E-state index contributed by atoms with van der Waals surface area (Å²) in [7, 11) is 0. The molecule has 1 fully saturated rings. The summed E-state index contributed by atoms with van der Waals surface area (Å²) in [5, 5.41) is 4.12. The van der Waals surface area contributed by atoms with Crippen LogP contribution < -0.4 is 14.8 Å². The van der Waals surface area contributed by atoms with E-state index in [1.807, 2.05) is 12.1 Å². The van der Waals surface area contributed by atoms with Gasteiger partial charge in [-0.1, -0.05) is 18.5 Å². The first-order chi connectivity index (χ1) is 10.3. The molecule has 0 bridgehead atoms. The van der Waals surface area contributed by atoms with Gasteiger partial charge in [0.1, 0.15) is 13.2 Å². The zero-order valence-corrected chi connectivity index (χ0v) is 13.3. The topological polar surface area (TPSA) is 33.7 Å². The van der Waals surface area contributed by atoms with E-state index in [1.165, 1.54) is 12.8 Å².